The van der Waals surface area contributed by atoms with Crippen molar-refractivity contribution in [2.45, 2.75) is 45.1 Å². The highest BCUT2D eigenvalue weighted by molar-refractivity contribution is 5.94. The van der Waals surface area contributed by atoms with Crippen molar-refractivity contribution < 1.29 is 14.0 Å². The minimum atomic E-state index is -0.901. The maximum Gasteiger partial charge on any atom is 0.240 e. The molecule has 1 aliphatic carbocycles. The maximum atomic E-state index is 12.2. The van der Waals surface area contributed by atoms with Crippen LogP contribution in [-0.2, 0) is 4.79 Å². The Hall–Kier alpha value is -2.09. The predicted molar refractivity (Wildman–Crippen MR) is 71.8 cm³/mol. The number of furan rings is 1. The lowest BCUT2D eigenvalue weighted by Crippen LogP contribution is -2.43. The third kappa shape index (κ3) is 2.90. The van der Waals surface area contributed by atoms with Crippen LogP contribution in [0.1, 0.15) is 49.6 Å². The number of carbonyl (C=O) groups excluding carboxylic acids is 2. The molecule has 0 radical (unpaired) electrons. The largest absolute Gasteiger partial charge is 0.461 e. The first-order chi connectivity index (χ1) is 9.57. The number of ketones is 1. The SMILES string of the molecule is C[C@@H](CC(=O)c1ccco1)NC(=O)C1(C#N)CCCC1. The maximum absolute atomic E-state index is 12.2. The number of hydrogen-bond donors (Lipinski definition) is 1. The second-order valence-electron chi connectivity index (χ2n) is 5.38. The molecule has 20 heavy (non-hydrogen) atoms. The van der Waals surface area contributed by atoms with E-state index < -0.39 is 5.41 Å². The Morgan fingerprint density at radius 2 is 2.20 bits per heavy atom. The van der Waals surface area contributed by atoms with Crippen molar-refractivity contribution in [2.75, 3.05) is 0 Å². The molecule has 1 amide bonds. The second kappa shape index (κ2) is 5.91. The van der Waals surface area contributed by atoms with E-state index in [2.05, 4.69) is 11.4 Å². The van der Waals surface area contributed by atoms with Gasteiger partial charge < -0.3 is 9.73 Å². The van der Waals surface area contributed by atoms with E-state index in [0.717, 1.165) is 12.8 Å². The van der Waals surface area contributed by atoms with E-state index in [0.29, 0.717) is 18.6 Å². The van der Waals surface area contributed by atoms with Crippen LogP contribution in [0.5, 0.6) is 0 Å². The molecular weight excluding hydrogens is 256 g/mol. The van der Waals surface area contributed by atoms with Crippen LogP contribution in [0.25, 0.3) is 0 Å². The van der Waals surface area contributed by atoms with Crippen molar-refractivity contribution in [3.05, 3.63) is 24.2 Å². The quantitative estimate of drug-likeness (QED) is 0.836. The molecular formula is C15H18N2O3. The van der Waals surface area contributed by atoms with Gasteiger partial charge in [-0.1, -0.05) is 12.8 Å². The van der Waals surface area contributed by atoms with Gasteiger partial charge in [0, 0.05) is 12.5 Å². The highest BCUT2D eigenvalue weighted by atomic mass is 16.3. The fraction of sp³-hybridized carbons (Fsp3) is 0.533. The molecule has 1 aromatic rings. The summed E-state index contributed by atoms with van der Waals surface area (Å²) in [4.78, 5) is 24.1. The van der Waals surface area contributed by atoms with Gasteiger partial charge in [0.2, 0.25) is 5.91 Å². The van der Waals surface area contributed by atoms with Crippen LogP contribution in [0.15, 0.2) is 22.8 Å². The first-order valence-corrected chi connectivity index (χ1v) is 6.86. The van der Waals surface area contributed by atoms with E-state index in [4.69, 9.17) is 4.42 Å². The first-order valence-electron chi connectivity index (χ1n) is 6.86. The van der Waals surface area contributed by atoms with Gasteiger partial charge in [-0.05, 0) is 31.9 Å². The van der Waals surface area contributed by atoms with Crippen molar-refractivity contribution in [3.63, 3.8) is 0 Å². The van der Waals surface area contributed by atoms with E-state index in [1.54, 1.807) is 19.1 Å². The van der Waals surface area contributed by atoms with Gasteiger partial charge in [0.1, 0.15) is 5.41 Å². The summed E-state index contributed by atoms with van der Waals surface area (Å²) in [6.07, 6.45) is 4.63. The van der Waals surface area contributed by atoms with Gasteiger partial charge in [-0.25, -0.2) is 0 Å². The minimum absolute atomic E-state index is 0.153. The monoisotopic (exact) mass is 274 g/mol. The van der Waals surface area contributed by atoms with Crippen molar-refractivity contribution in [1.29, 1.82) is 5.26 Å². The van der Waals surface area contributed by atoms with Crippen LogP contribution in [-0.4, -0.2) is 17.7 Å². The van der Waals surface area contributed by atoms with Crippen LogP contribution >= 0.6 is 0 Å². The molecule has 1 heterocycles. The van der Waals surface area contributed by atoms with Gasteiger partial charge >= 0.3 is 0 Å². The lowest BCUT2D eigenvalue weighted by Gasteiger charge is -2.22. The van der Waals surface area contributed by atoms with E-state index in [-0.39, 0.29) is 24.2 Å². The van der Waals surface area contributed by atoms with Gasteiger partial charge in [-0.3, -0.25) is 9.59 Å². The van der Waals surface area contributed by atoms with E-state index in [1.165, 1.54) is 6.26 Å². The van der Waals surface area contributed by atoms with Gasteiger partial charge in [-0.15, -0.1) is 0 Å². The van der Waals surface area contributed by atoms with E-state index >= 15 is 0 Å². The first kappa shape index (κ1) is 14.3. The smallest absolute Gasteiger partial charge is 0.240 e. The summed E-state index contributed by atoms with van der Waals surface area (Å²) in [5.41, 5.74) is -0.901. The number of nitrogens with zero attached hydrogens (tertiary/aromatic N) is 1. The molecule has 0 aliphatic heterocycles. The van der Waals surface area contributed by atoms with Crippen LogP contribution < -0.4 is 5.32 Å². The highest BCUT2D eigenvalue weighted by Crippen LogP contribution is 2.37. The Kier molecular flexibility index (Phi) is 4.23. The number of nitrogens with one attached hydrogen (secondary N) is 1. The Morgan fingerprint density at radius 1 is 1.50 bits per heavy atom. The average Bonchev–Trinajstić information content (AvgIpc) is 3.10. The molecule has 0 unspecified atom stereocenters. The van der Waals surface area contributed by atoms with Crippen molar-refractivity contribution in [2.24, 2.45) is 5.41 Å². The summed E-state index contributed by atoms with van der Waals surface area (Å²) >= 11 is 0. The third-order valence-electron chi connectivity index (χ3n) is 3.77. The Balaban J connectivity index is 1.91. The number of hydrogen-bond acceptors (Lipinski definition) is 4. The third-order valence-corrected chi connectivity index (χ3v) is 3.77. The molecule has 1 aliphatic rings. The summed E-state index contributed by atoms with van der Waals surface area (Å²) in [6.45, 7) is 1.76. The predicted octanol–water partition coefficient (Wildman–Crippen LogP) is 2.44. The van der Waals surface area contributed by atoms with E-state index in [9.17, 15) is 14.9 Å². The number of Topliss-reactive ketones (excluding diaryl/α,β-unsaturated/α-hetero) is 1. The Bertz CT molecular complexity index is 522. The number of amides is 1. The van der Waals surface area contributed by atoms with Crippen LogP contribution in [0.3, 0.4) is 0 Å². The molecule has 1 aromatic heterocycles. The number of carbonyl (C=O) groups is 2. The van der Waals surface area contributed by atoms with Crippen LogP contribution in [0.4, 0.5) is 0 Å². The normalized spacial score (nSPS) is 18.2. The molecule has 1 saturated carbocycles. The zero-order chi connectivity index (χ0) is 14.6. The average molecular weight is 274 g/mol. The molecule has 0 spiro atoms. The van der Waals surface area contributed by atoms with Crippen molar-refractivity contribution in [3.8, 4) is 6.07 Å². The minimum Gasteiger partial charge on any atom is -0.461 e. The highest BCUT2D eigenvalue weighted by Gasteiger charge is 2.41. The molecule has 1 fully saturated rings. The summed E-state index contributed by atoms with van der Waals surface area (Å²) in [7, 11) is 0. The molecule has 0 aromatic carbocycles. The summed E-state index contributed by atoms with van der Waals surface area (Å²) in [6, 6.07) is 5.09. The zero-order valence-electron chi connectivity index (χ0n) is 11.5. The van der Waals surface area contributed by atoms with Crippen molar-refractivity contribution >= 4 is 11.7 Å². The lowest BCUT2D eigenvalue weighted by atomic mass is 9.86. The second-order valence-corrected chi connectivity index (χ2v) is 5.38. The standard InChI is InChI=1S/C15H18N2O3/c1-11(9-12(18)13-5-4-8-20-13)17-14(19)15(10-16)6-2-3-7-15/h4-5,8,11H,2-3,6-7,9H2,1H3,(H,17,19)/t11-/m0/s1. The van der Waals surface area contributed by atoms with Gasteiger partial charge in [0.05, 0.1) is 12.3 Å². The lowest BCUT2D eigenvalue weighted by molar-refractivity contribution is -0.128. The van der Waals surface area contributed by atoms with Crippen LogP contribution in [0.2, 0.25) is 0 Å². The fourth-order valence-corrected chi connectivity index (χ4v) is 2.60. The molecule has 5 nitrogen and oxygen atoms in total. The number of rotatable bonds is 5. The summed E-state index contributed by atoms with van der Waals surface area (Å²) in [5, 5.41) is 12.0. The molecule has 5 heteroatoms. The Labute approximate surface area is 117 Å². The summed E-state index contributed by atoms with van der Waals surface area (Å²) < 4.78 is 5.03. The molecule has 1 N–H and O–H groups in total. The van der Waals surface area contributed by atoms with Gasteiger partial charge in [0.25, 0.3) is 0 Å². The molecule has 1 atom stereocenters. The topological polar surface area (TPSA) is 83.1 Å². The fourth-order valence-electron chi connectivity index (χ4n) is 2.60. The van der Waals surface area contributed by atoms with Gasteiger partial charge in [0.15, 0.2) is 11.5 Å². The number of nitriles is 1. The zero-order valence-corrected chi connectivity index (χ0v) is 11.5. The van der Waals surface area contributed by atoms with E-state index in [1.807, 2.05) is 0 Å². The summed E-state index contributed by atoms with van der Waals surface area (Å²) in [5.74, 6) is -0.112. The molecule has 2 rings (SSSR count). The Morgan fingerprint density at radius 3 is 2.75 bits per heavy atom. The molecule has 106 valence electrons. The molecule has 0 bridgehead atoms. The van der Waals surface area contributed by atoms with Crippen molar-refractivity contribution in [1.82, 2.24) is 5.32 Å². The van der Waals surface area contributed by atoms with Gasteiger partial charge in [-0.2, -0.15) is 5.26 Å². The molecule has 0 saturated heterocycles. The van der Waals surface area contributed by atoms with Crippen LogP contribution in [0, 0.1) is 16.7 Å².